The molecule has 7 nitrogen and oxygen atoms in total. The molecule has 7 heteroatoms. The fourth-order valence-corrected chi connectivity index (χ4v) is 4.93. The van der Waals surface area contributed by atoms with E-state index in [-0.39, 0.29) is 11.4 Å². The van der Waals surface area contributed by atoms with Crippen molar-refractivity contribution in [3.05, 3.63) is 90.2 Å². The molecule has 1 aromatic carbocycles. The number of nitrogens with one attached hydrogen (secondary N) is 1. The van der Waals surface area contributed by atoms with Gasteiger partial charge in [-0.05, 0) is 49.2 Å². The van der Waals surface area contributed by atoms with E-state index in [0.717, 1.165) is 80.0 Å². The molecule has 0 unspecified atom stereocenters. The molecule has 0 spiro atoms. The number of hydrogen-bond donors (Lipinski definition) is 1. The second-order valence-corrected chi connectivity index (χ2v) is 9.46. The van der Waals surface area contributed by atoms with Crippen molar-refractivity contribution in [2.45, 2.75) is 24.8 Å². The number of hydrogen-bond acceptors (Lipinski definition) is 6. The van der Waals surface area contributed by atoms with E-state index in [9.17, 15) is 4.79 Å². The fraction of sp³-hybridized carbons (Fsp3) is 0.321. The van der Waals surface area contributed by atoms with Gasteiger partial charge in [-0.1, -0.05) is 24.3 Å². The number of anilines is 1. The molecule has 4 aromatic rings. The Labute approximate surface area is 204 Å². The summed E-state index contributed by atoms with van der Waals surface area (Å²) < 4.78 is 6.16. The summed E-state index contributed by atoms with van der Waals surface area (Å²) in [4.78, 5) is 26.8. The molecule has 2 fully saturated rings. The third kappa shape index (κ3) is 4.51. The number of rotatable bonds is 7. The predicted molar refractivity (Wildman–Crippen MR) is 135 cm³/mol. The largest absolute Gasteiger partial charge is 0.449 e. The van der Waals surface area contributed by atoms with Crippen LogP contribution in [0, 0.1) is 0 Å². The molecule has 0 radical (unpaired) electrons. The monoisotopic (exact) mass is 467 g/mol. The summed E-state index contributed by atoms with van der Waals surface area (Å²) in [6.45, 7) is 4.84. The van der Waals surface area contributed by atoms with Crippen LogP contribution in [0.25, 0.3) is 11.0 Å². The molecule has 6 rings (SSSR count). The smallest absolute Gasteiger partial charge is 0.287 e. The van der Waals surface area contributed by atoms with E-state index in [0.29, 0.717) is 5.76 Å². The van der Waals surface area contributed by atoms with Gasteiger partial charge in [0.25, 0.3) is 5.91 Å². The number of para-hydroxylation sites is 1. The molecule has 1 amide bonds. The first-order valence-corrected chi connectivity index (χ1v) is 12.3. The fourth-order valence-electron chi connectivity index (χ4n) is 4.93. The van der Waals surface area contributed by atoms with Gasteiger partial charge >= 0.3 is 0 Å². The van der Waals surface area contributed by atoms with Crippen LogP contribution in [0.2, 0.25) is 0 Å². The molecule has 1 N–H and O–H groups in total. The first kappa shape index (κ1) is 21.8. The highest BCUT2D eigenvalue weighted by molar-refractivity contribution is 5.99. The van der Waals surface area contributed by atoms with Crippen molar-refractivity contribution in [2.75, 3.05) is 37.6 Å². The molecule has 2 aliphatic rings. The molecule has 1 saturated carbocycles. The van der Waals surface area contributed by atoms with E-state index in [1.165, 1.54) is 0 Å². The van der Waals surface area contributed by atoms with Crippen molar-refractivity contribution < 1.29 is 9.21 Å². The van der Waals surface area contributed by atoms with Crippen molar-refractivity contribution in [1.29, 1.82) is 0 Å². The number of carbonyl (C=O) groups is 1. The Morgan fingerprint density at radius 1 is 0.943 bits per heavy atom. The van der Waals surface area contributed by atoms with Crippen LogP contribution in [-0.4, -0.2) is 53.5 Å². The minimum Gasteiger partial charge on any atom is -0.449 e. The highest BCUT2D eigenvalue weighted by atomic mass is 16.3. The number of furan rings is 1. The van der Waals surface area contributed by atoms with Gasteiger partial charge in [-0.3, -0.25) is 19.7 Å². The van der Waals surface area contributed by atoms with Gasteiger partial charge in [0.15, 0.2) is 11.3 Å². The topological polar surface area (TPSA) is 74.5 Å². The lowest BCUT2D eigenvalue weighted by molar-refractivity contribution is 0.0903. The van der Waals surface area contributed by atoms with Crippen molar-refractivity contribution >= 4 is 22.6 Å². The van der Waals surface area contributed by atoms with E-state index in [4.69, 9.17) is 4.42 Å². The maximum Gasteiger partial charge on any atom is 0.287 e. The van der Waals surface area contributed by atoms with Gasteiger partial charge in [-0.15, -0.1) is 0 Å². The Morgan fingerprint density at radius 2 is 1.74 bits per heavy atom. The van der Waals surface area contributed by atoms with Gasteiger partial charge in [-0.25, -0.2) is 0 Å². The number of nitrogens with zero attached hydrogens (tertiary/aromatic N) is 4. The Balaban J connectivity index is 1.13. The zero-order chi connectivity index (χ0) is 23.7. The minimum absolute atomic E-state index is 0.186. The van der Waals surface area contributed by atoms with Gasteiger partial charge < -0.3 is 14.6 Å². The summed E-state index contributed by atoms with van der Waals surface area (Å²) in [5.41, 5.74) is 3.51. The number of piperazine rings is 1. The summed E-state index contributed by atoms with van der Waals surface area (Å²) in [6, 6.07) is 19.9. The minimum atomic E-state index is -0.369. The van der Waals surface area contributed by atoms with Crippen LogP contribution in [-0.2, 0) is 12.0 Å². The Morgan fingerprint density at radius 3 is 2.46 bits per heavy atom. The summed E-state index contributed by atoms with van der Waals surface area (Å²) in [5, 5.41) is 4.12. The average Bonchev–Trinajstić information content (AvgIpc) is 3.56. The second-order valence-electron chi connectivity index (χ2n) is 9.46. The number of pyridine rings is 2. The standard InChI is InChI=1S/C28H29N5O2/c34-27(31-28(11-12-28)25-9-2-4-14-30-25)24-20-21-6-5-8-23(26(21)35-24)33-18-16-32(17-19-33)15-10-22-7-1-3-13-29-22/h1-9,13-14,20H,10-12,15-19H2,(H,31,34). The normalized spacial score (nSPS) is 17.4. The lowest BCUT2D eigenvalue weighted by atomic mass is 10.1. The highest BCUT2D eigenvalue weighted by Gasteiger charge is 2.47. The molecular formula is C28H29N5O2. The number of amides is 1. The lowest BCUT2D eigenvalue weighted by Gasteiger charge is -2.36. The van der Waals surface area contributed by atoms with Crippen molar-refractivity contribution in [3.8, 4) is 0 Å². The van der Waals surface area contributed by atoms with Gasteiger partial charge in [-0.2, -0.15) is 0 Å². The molecule has 178 valence electrons. The van der Waals surface area contributed by atoms with E-state index < -0.39 is 0 Å². The van der Waals surface area contributed by atoms with Crippen LogP contribution < -0.4 is 10.2 Å². The van der Waals surface area contributed by atoms with E-state index in [2.05, 4.69) is 37.2 Å². The number of fused-ring (bicyclic) bond motifs is 1. The zero-order valence-electron chi connectivity index (χ0n) is 19.7. The summed E-state index contributed by atoms with van der Waals surface area (Å²) >= 11 is 0. The van der Waals surface area contributed by atoms with Crippen molar-refractivity contribution in [3.63, 3.8) is 0 Å². The average molecular weight is 468 g/mol. The predicted octanol–water partition coefficient (Wildman–Crippen LogP) is 4.01. The van der Waals surface area contributed by atoms with E-state index in [1.807, 2.05) is 54.7 Å². The highest BCUT2D eigenvalue weighted by Crippen LogP contribution is 2.44. The molecule has 1 aliphatic carbocycles. The first-order valence-electron chi connectivity index (χ1n) is 12.3. The van der Waals surface area contributed by atoms with Crippen LogP contribution in [0.15, 0.2) is 77.5 Å². The Kier molecular flexibility index (Phi) is 5.70. The maximum atomic E-state index is 13.1. The molecule has 1 aliphatic heterocycles. The summed E-state index contributed by atoms with van der Waals surface area (Å²) in [5.74, 6) is 0.165. The molecule has 0 bridgehead atoms. The van der Waals surface area contributed by atoms with Crippen LogP contribution in [0.5, 0.6) is 0 Å². The van der Waals surface area contributed by atoms with Crippen molar-refractivity contribution in [1.82, 2.24) is 20.2 Å². The van der Waals surface area contributed by atoms with Gasteiger partial charge in [0.2, 0.25) is 0 Å². The molecule has 4 heterocycles. The summed E-state index contributed by atoms with van der Waals surface area (Å²) in [7, 11) is 0. The van der Waals surface area contributed by atoms with Crippen LogP contribution >= 0.6 is 0 Å². The van der Waals surface area contributed by atoms with Crippen LogP contribution in [0.3, 0.4) is 0 Å². The van der Waals surface area contributed by atoms with Crippen LogP contribution in [0.1, 0.15) is 34.8 Å². The Bertz CT molecular complexity index is 1310. The number of carbonyl (C=O) groups excluding carboxylic acids is 1. The van der Waals surface area contributed by atoms with E-state index in [1.54, 1.807) is 6.20 Å². The third-order valence-corrected chi connectivity index (χ3v) is 7.13. The lowest BCUT2D eigenvalue weighted by Crippen LogP contribution is -2.47. The number of aromatic nitrogens is 2. The molecule has 35 heavy (non-hydrogen) atoms. The van der Waals surface area contributed by atoms with Gasteiger partial charge in [0.05, 0.1) is 16.9 Å². The van der Waals surface area contributed by atoms with Crippen LogP contribution in [0.4, 0.5) is 5.69 Å². The molecule has 0 atom stereocenters. The van der Waals surface area contributed by atoms with E-state index >= 15 is 0 Å². The molecule has 1 saturated heterocycles. The molecule has 3 aromatic heterocycles. The second kappa shape index (κ2) is 9.15. The summed E-state index contributed by atoms with van der Waals surface area (Å²) in [6.07, 6.45) is 6.38. The van der Waals surface area contributed by atoms with Gasteiger partial charge in [0.1, 0.15) is 0 Å². The number of benzene rings is 1. The SMILES string of the molecule is O=C(NC1(c2ccccn2)CC1)c1cc2cccc(N3CCN(CCc4ccccn4)CC3)c2o1. The maximum absolute atomic E-state index is 13.1. The molecular weight excluding hydrogens is 438 g/mol. The zero-order valence-corrected chi connectivity index (χ0v) is 19.7. The quantitative estimate of drug-likeness (QED) is 0.443. The first-order chi connectivity index (χ1) is 17.2. The third-order valence-electron chi connectivity index (χ3n) is 7.13. The Hall–Kier alpha value is -3.71. The van der Waals surface area contributed by atoms with Gasteiger partial charge in [0, 0.05) is 62.6 Å². The van der Waals surface area contributed by atoms with Crippen molar-refractivity contribution in [2.24, 2.45) is 0 Å².